The Hall–Kier alpha value is -0.890. The van der Waals surface area contributed by atoms with Crippen molar-refractivity contribution in [3.8, 4) is 0 Å². The highest BCUT2D eigenvalue weighted by Gasteiger charge is 2.46. The molecule has 0 bridgehead atoms. The van der Waals surface area contributed by atoms with Gasteiger partial charge in [-0.3, -0.25) is 19.3 Å². The quantitative estimate of drug-likeness (QED) is 0.238. The number of aliphatic hydroxyl groups is 3. The van der Waals surface area contributed by atoms with Gasteiger partial charge in [-0.1, -0.05) is 28.5 Å². The number of primary amides is 1. The van der Waals surface area contributed by atoms with Crippen molar-refractivity contribution in [3.63, 3.8) is 0 Å². The van der Waals surface area contributed by atoms with Crippen LogP contribution in [0.25, 0.3) is 0 Å². The standard InChI is InChI=1S/C17H27N3O7S2/c1-7-12(23)14(25)9(6-21)27-17(7)19-10(22)5-11-20-4-2-3-8(20)13(24)15(16(18)26)29-28-11/h7-9,11-12,14-15,17,21,23,25H,2-6H2,1H3,(H2,18,26)(H,19,22)/t7?,8-,9?,11?,12+,14-,15?,17+/m0/s1. The molecule has 12 heteroatoms. The Bertz CT molecular complexity index is 653. The number of ether oxygens (including phenoxy) is 1. The molecule has 29 heavy (non-hydrogen) atoms. The van der Waals surface area contributed by atoms with Gasteiger partial charge < -0.3 is 31.1 Å². The number of hydrogen-bond donors (Lipinski definition) is 5. The summed E-state index contributed by atoms with van der Waals surface area (Å²) in [6.07, 6.45) is -2.75. The van der Waals surface area contributed by atoms with Gasteiger partial charge in [0, 0.05) is 12.5 Å². The molecule has 3 rings (SSSR count). The zero-order chi connectivity index (χ0) is 21.3. The molecule has 0 spiro atoms. The van der Waals surface area contributed by atoms with Crippen molar-refractivity contribution in [2.24, 2.45) is 11.7 Å². The third kappa shape index (κ3) is 4.73. The van der Waals surface area contributed by atoms with E-state index in [1.54, 1.807) is 6.92 Å². The SMILES string of the molecule is CC1[C@H](NC(=O)CC2SSC(C(N)=O)C(=O)[C@@H]3CCCN23)OC(CO)[C@H](O)[C@@H]1O. The monoisotopic (exact) mass is 449 g/mol. The summed E-state index contributed by atoms with van der Waals surface area (Å²) in [5.74, 6) is -1.80. The van der Waals surface area contributed by atoms with E-state index in [1.165, 1.54) is 10.8 Å². The molecule has 3 aliphatic heterocycles. The van der Waals surface area contributed by atoms with Gasteiger partial charge in [-0.05, 0) is 12.8 Å². The average Bonchev–Trinajstić information content (AvgIpc) is 3.12. The highest BCUT2D eigenvalue weighted by Crippen LogP contribution is 2.42. The summed E-state index contributed by atoms with van der Waals surface area (Å²) in [4.78, 5) is 38.9. The zero-order valence-electron chi connectivity index (χ0n) is 16.0. The summed E-state index contributed by atoms with van der Waals surface area (Å²) in [6, 6.07) is -0.423. The van der Waals surface area contributed by atoms with Crippen LogP contribution in [0.5, 0.6) is 0 Å². The van der Waals surface area contributed by atoms with Crippen LogP contribution in [0.4, 0.5) is 0 Å². The minimum atomic E-state index is -1.24. The van der Waals surface area contributed by atoms with Crippen molar-refractivity contribution < 1.29 is 34.4 Å². The van der Waals surface area contributed by atoms with E-state index in [-0.39, 0.29) is 23.5 Å². The fourth-order valence-electron chi connectivity index (χ4n) is 3.97. The lowest BCUT2D eigenvalue weighted by Crippen LogP contribution is -2.59. The van der Waals surface area contributed by atoms with Crippen molar-refractivity contribution in [2.45, 2.75) is 67.4 Å². The van der Waals surface area contributed by atoms with Crippen molar-refractivity contribution in [3.05, 3.63) is 0 Å². The van der Waals surface area contributed by atoms with Crippen molar-refractivity contribution in [2.75, 3.05) is 13.2 Å². The molecule has 3 heterocycles. The van der Waals surface area contributed by atoms with Gasteiger partial charge in [-0.25, -0.2) is 0 Å². The van der Waals surface area contributed by atoms with Crippen LogP contribution in [0.15, 0.2) is 0 Å². The fourth-order valence-corrected chi connectivity index (χ4v) is 6.96. The second kappa shape index (κ2) is 9.50. The van der Waals surface area contributed by atoms with Gasteiger partial charge in [-0.2, -0.15) is 0 Å². The van der Waals surface area contributed by atoms with E-state index >= 15 is 0 Å². The molecule has 8 atom stereocenters. The van der Waals surface area contributed by atoms with Crippen molar-refractivity contribution in [1.29, 1.82) is 0 Å². The molecule has 2 amide bonds. The highest BCUT2D eigenvalue weighted by atomic mass is 33.1. The van der Waals surface area contributed by atoms with Crippen molar-refractivity contribution in [1.82, 2.24) is 10.2 Å². The molecule has 3 fully saturated rings. The molecule has 0 radical (unpaired) electrons. The first-order chi connectivity index (χ1) is 13.7. The van der Waals surface area contributed by atoms with Crippen LogP contribution in [0.1, 0.15) is 26.2 Å². The van der Waals surface area contributed by atoms with E-state index in [0.717, 1.165) is 17.2 Å². The molecule has 0 saturated carbocycles. The lowest BCUT2D eigenvalue weighted by molar-refractivity contribution is -0.213. The van der Waals surface area contributed by atoms with Crippen LogP contribution in [-0.4, -0.2) is 92.2 Å². The Morgan fingerprint density at radius 1 is 1.31 bits per heavy atom. The average molecular weight is 450 g/mol. The Balaban J connectivity index is 1.65. The summed E-state index contributed by atoms with van der Waals surface area (Å²) in [6.45, 7) is 1.80. The van der Waals surface area contributed by atoms with E-state index in [4.69, 9.17) is 10.5 Å². The number of fused-ring (bicyclic) bond motifs is 1. The van der Waals surface area contributed by atoms with Crippen LogP contribution in [0.3, 0.4) is 0 Å². The van der Waals surface area contributed by atoms with Crippen molar-refractivity contribution >= 4 is 39.2 Å². The molecule has 6 N–H and O–H groups in total. The first-order valence-electron chi connectivity index (χ1n) is 9.57. The molecule has 0 aromatic heterocycles. The third-order valence-corrected chi connectivity index (χ3v) is 8.69. The minimum absolute atomic E-state index is 0.0575. The van der Waals surface area contributed by atoms with Gasteiger partial charge >= 0.3 is 0 Å². The third-order valence-electron chi connectivity index (χ3n) is 5.68. The molecule has 3 saturated heterocycles. The Morgan fingerprint density at radius 3 is 2.69 bits per heavy atom. The number of rotatable bonds is 5. The van der Waals surface area contributed by atoms with Gasteiger partial charge in [0.2, 0.25) is 11.8 Å². The Morgan fingerprint density at radius 2 is 2.03 bits per heavy atom. The summed E-state index contributed by atoms with van der Waals surface area (Å²) in [5.41, 5.74) is 5.37. The molecule has 3 aliphatic rings. The lowest BCUT2D eigenvalue weighted by Gasteiger charge is -2.41. The number of Topliss-reactive ketones (excluding diaryl/α,β-unsaturated/α-hetero) is 1. The number of ketones is 1. The van der Waals surface area contributed by atoms with Crippen LogP contribution in [0.2, 0.25) is 0 Å². The first-order valence-corrected chi connectivity index (χ1v) is 11.8. The number of carbonyl (C=O) groups is 3. The maximum atomic E-state index is 12.7. The second-order valence-corrected chi connectivity index (χ2v) is 10.2. The van der Waals surface area contributed by atoms with Gasteiger partial charge in [0.25, 0.3) is 0 Å². The smallest absolute Gasteiger partial charge is 0.239 e. The highest BCUT2D eigenvalue weighted by molar-refractivity contribution is 8.77. The number of amides is 2. The lowest BCUT2D eigenvalue weighted by atomic mass is 9.91. The number of nitrogens with one attached hydrogen (secondary N) is 1. The number of aliphatic hydroxyl groups excluding tert-OH is 3. The van der Waals surface area contributed by atoms with Crippen LogP contribution in [-0.2, 0) is 19.1 Å². The van der Waals surface area contributed by atoms with E-state index in [0.29, 0.717) is 13.0 Å². The minimum Gasteiger partial charge on any atom is -0.394 e. The van der Waals surface area contributed by atoms with Gasteiger partial charge in [0.15, 0.2) is 11.0 Å². The van der Waals surface area contributed by atoms with E-state index in [2.05, 4.69) is 5.32 Å². The topological polar surface area (TPSA) is 162 Å². The van der Waals surface area contributed by atoms with Crippen LogP contribution in [0, 0.1) is 5.92 Å². The van der Waals surface area contributed by atoms with Gasteiger partial charge in [0.05, 0.1) is 30.5 Å². The Kier molecular flexibility index (Phi) is 7.46. The molecule has 10 nitrogen and oxygen atoms in total. The van der Waals surface area contributed by atoms with E-state index in [1.807, 2.05) is 4.90 Å². The van der Waals surface area contributed by atoms with E-state index < -0.39 is 54.3 Å². The van der Waals surface area contributed by atoms with Gasteiger partial charge in [0.1, 0.15) is 18.4 Å². The molecule has 164 valence electrons. The normalized spacial score (nSPS) is 40.9. The van der Waals surface area contributed by atoms with Crippen LogP contribution < -0.4 is 11.1 Å². The predicted octanol–water partition coefficient (Wildman–Crippen LogP) is -1.82. The second-order valence-electron chi connectivity index (χ2n) is 7.62. The largest absolute Gasteiger partial charge is 0.394 e. The molecule has 0 aromatic carbocycles. The summed E-state index contributed by atoms with van der Waals surface area (Å²) < 4.78 is 5.53. The fraction of sp³-hybridized carbons (Fsp3) is 0.824. The molecule has 0 aromatic rings. The number of nitrogens with two attached hydrogens (primary N) is 1. The zero-order valence-corrected chi connectivity index (χ0v) is 17.6. The molecule has 4 unspecified atom stereocenters. The van der Waals surface area contributed by atoms with Gasteiger partial charge in [-0.15, -0.1) is 0 Å². The summed E-state index contributed by atoms with van der Waals surface area (Å²) >= 11 is 0. The maximum absolute atomic E-state index is 12.7. The maximum Gasteiger partial charge on any atom is 0.239 e. The summed E-state index contributed by atoms with van der Waals surface area (Å²) in [5, 5.41) is 30.8. The predicted molar refractivity (Wildman–Crippen MR) is 106 cm³/mol. The number of carbonyl (C=O) groups excluding carboxylic acids is 3. The molecular weight excluding hydrogens is 422 g/mol. The van der Waals surface area contributed by atoms with E-state index in [9.17, 15) is 29.7 Å². The number of nitrogens with zero attached hydrogens (tertiary/aromatic N) is 1. The first kappa shape index (κ1) is 22.8. The van der Waals surface area contributed by atoms with Crippen LogP contribution >= 0.6 is 21.6 Å². The number of hydrogen-bond acceptors (Lipinski definition) is 10. The molecule has 0 aliphatic carbocycles. The summed E-state index contributed by atoms with van der Waals surface area (Å²) in [7, 11) is 2.38. The Labute approximate surface area is 176 Å². The molecular formula is C17H27N3O7S2.